The molecule has 3 aromatic rings. The summed E-state index contributed by atoms with van der Waals surface area (Å²) in [6, 6.07) is 15.0. The number of nitrogens with one attached hydrogen (secondary N) is 2. The van der Waals surface area contributed by atoms with Gasteiger partial charge in [-0.25, -0.2) is 4.79 Å². The highest BCUT2D eigenvalue weighted by Gasteiger charge is 2.23. The Bertz CT molecular complexity index is 1250. The molecule has 0 fully saturated rings. The lowest BCUT2D eigenvalue weighted by molar-refractivity contribution is -0.114. The molecule has 3 rings (SSSR count). The number of anilines is 1. The number of carbonyl (C=O) groups is 2. The number of alkyl carbamates (subject to hydrolysis) is 1. The molecule has 0 bridgehead atoms. The highest BCUT2D eigenvalue weighted by atomic mass is 16.6. The van der Waals surface area contributed by atoms with Gasteiger partial charge in [-0.05, 0) is 44.4 Å². The Kier molecular flexibility index (Phi) is 7.44. The van der Waals surface area contributed by atoms with Gasteiger partial charge >= 0.3 is 6.09 Å². The van der Waals surface area contributed by atoms with Gasteiger partial charge in [0.2, 0.25) is 5.91 Å². The monoisotopic (exact) mass is 463 g/mol. The number of ether oxygens (including phenoxy) is 1. The largest absolute Gasteiger partial charge is 0.444 e. The zero-order chi connectivity index (χ0) is 25.0. The first-order chi connectivity index (χ1) is 16.0. The van der Waals surface area contributed by atoms with Crippen molar-refractivity contribution in [1.82, 2.24) is 9.88 Å². The van der Waals surface area contributed by atoms with Gasteiger partial charge in [-0.3, -0.25) is 9.59 Å². The van der Waals surface area contributed by atoms with E-state index in [1.165, 1.54) is 6.92 Å². The topological polar surface area (TPSA) is 89.4 Å². The third-order valence-electron chi connectivity index (χ3n) is 5.12. The average molecular weight is 464 g/mol. The number of hydrogen-bond donors (Lipinski definition) is 2. The highest BCUT2D eigenvalue weighted by Crippen LogP contribution is 2.35. The molecular formula is C27H33N3O4. The molecule has 2 amide bonds. The van der Waals surface area contributed by atoms with Gasteiger partial charge < -0.3 is 19.9 Å². The fourth-order valence-corrected chi connectivity index (χ4v) is 3.97. The predicted molar refractivity (Wildman–Crippen MR) is 136 cm³/mol. The Morgan fingerprint density at radius 1 is 1.03 bits per heavy atom. The summed E-state index contributed by atoms with van der Waals surface area (Å²) in [5.41, 5.74) is 2.06. The molecule has 0 radical (unpaired) electrons. The van der Waals surface area contributed by atoms with E-state index >= 15 is 0 Å². The maximum Gasteiger partial charge on any atom is 0.407 e. The maximum absolute atomic E-state index is 13.7. The third-order valence-corrected chi connectivity index (χ3v) is 5.12. The molecule has 0 aliphatic carbocycles. The summed E-state index contributed by atoms with van der Waals surface area (Å²) < 4.78 is 7.15. The van der Waals surface area contributed by atoms with Crippen molar-refractivity contribution < 1.29 is 14.3 Å². The van der Waals surface area contributed by atoms with Crippen LogP contribution in [0.4, 0.5) is 10.5 Å². The highest BCUT2D eigenvalue weighted by molar-refractivity contribution is 6.09. The Hall–Kier alpha value is -3.61. The molecule has 2 N–H and O–H groups in total. The molecule has 7 heteroatoms. The van der Waals surface area contributed by atoms with Gasteiger partial charge in [0.1, 0.15) is 5.60 Å². The van der Waals surface area contributed by atoms with Crippen molar-refractivity contribution in [3.8, 4) is 11.1 Å². The SMILES string of the molecule is CC(=O)Nc1cccc2c(=O)n(CC(C)C)c(CNC(=O)OC(C)(C)C)c(-c3ccccc3)c12. The molecule has 180 valence electrons. The normalized spacial score (nSPS) is 11.5. The molecule has 0 atom stereocenters. The number of pyridine rings is 1. The average Bonchev–Trinajstić information content (AvgIpc) is 2.73. The summed E-state index contributed by atoms with van der Waals surface area (Å²) in [5, 5.41) is 6.85. The number of rotatable bonds is 6. The zero-order valence-electron chi connectivity index (χ0n) is 20.7. The van der Waals surface area contributed by atoms with Gasteiger partial charge in [0.05, 0.1) is 6.54 Å². The number of hydrogen-bond acceptors (Lipinski definition) is 4. The van der Waals surface area contributed by atoms with Gasteiger partial charge in [0.25, 0.3) is 5.56 Å². The van der Waals surface area contributed by atoms with E-state index in [9.17, 15) is 14.4 Å². The smallest absolute Gasteiger partial charge is 0.407 e. The lowest BCUT2D eigenvalue weighted by atomic mass is 9.95. The summed E-state index contributed by atoms with van der Waals surface area (Å²) in [4.78, 5) is 38.1. The second kappa shape index (κ2) is 10.1. The third kappa shape index (κ3) is 5.84. The predicted octanol–water partition coefficient (Wildman–Crippen LogP) is 5.31. The second-order valence-electron chi connectivity index (χ2n) is 9.76. The summed E-state index contributed by atoms with van der Waals surface area (Å²) in [6.45, 7) is 11.5. The number of carbonyl (C=O) groups excluding carboxylic acids is 2. The van der Waals surface area contributed by atoms with Crippen LogP contribution in [0.1, 0.15) is 47.2 Å². The molecule has 0 unspecified atom stereocenters. The molecule has 1 aromatic heterocycles. The van der Waals surface area contributed by atoms with E-state index in [-0.39, 0.29) is 23.9 Å². The van der Waals surface area contributed by atoms with Gasteiger partial charge in [-0.2, -0.15) is 0 Å². The van der Waals surface area contributed by atoms with Crippen LogP contribution >= 0.6 is 0 Å². The van der Waals surface area contributed by atoms with E-state index < -0.39 is 11.7 Å². The molecule has 2 aromatic carbocycles. The molecule has 0 aliphatic rings. The maximum atomic E-state index is 13.7. The van der Waals surface area contributed by atoms with E-state index in [0.717, 1.165) is 11.1 Å². The summed E-state index contributed by atoms with van der Waals surface area (Å²) in [5.74, 6) is -0.0381. The lowest BCUT2D eigenvalue weighted by Gasteiger charge is -2.24. The van der Waals surface area contributed by atoms with E-state index in [2.05, 4.69) is 10.6 Å². The standard InChI is InChI=1S/C27H33N3O4/c1-17(2)16-30-22(15-28-26(33)34-27(4,5)6)23(19-11-8-7-9-12-19)24-20(25(30)32)13-10-14-21(24)29-18(3)31/h7-14,17H,15-16H2,1-6H3,(H,28,33)(H,29,31). The van der Waals surface area contributed by atoms with Crippen LogP contribution in [0.2, 0.25) is 0 Å². The minimum absolute atomic E-state index is 0.0887. The van der Waals surface area contributed by atoms with E-state index in [1.807, 2.05) is 44.2 Å². The summed E-state index contributed by atoms with van der Waals surface area (Å²) in [6.07, 6.45) is -0.565. The first-order valence-electron chi connectivity index (χ1n) is 11.5. The molecule has 0 saturated carbocycles. The zero-order valence-corrected chi connectivity index (χ0v) is 20.7. The Balaban J connectivity index is 2.34. The van der Waals surface area contributed by atoms with Crippen LogP contribution in [0.3, 0.4) is 0 Å². The van der Waals surface area contributed by atoms with Crippen LogP contribution in [0, 0.1) is 5.92 Å². The van der Waals surface area contributed by atoms with Crippen molar-refractivity contribution in [3.63, 3.8) is 0 Å². The van der Waals surface area contributed by atoms with Crippen molar-refractivity contribution in [2.24, 2.45) is 5.92 Å². The minimum Gasteiger partial charge on any atom is -0.444 e. The van der Waals surface area contributed by atoms with Gasteiger partial charge in [-0.15, -0.1) is 0 Å². The van der Waals surface area contributed by atoms with Crippen molar-refractivity contribution in [2.75, 3.05) is 5.32 Å². The number of amides is 2. The van der Waals surface area contributed by atoms with Gasteiger partial charge in [0, 0.05) is 41.2 Å². The number of benzene rings is 2. The van der Waals surface area contributed by atoms with Crippen LogP contribution in [-0.2, 0) is 22.6 Å². The Labute approximate surface area is 200 Å². The summed E-state index contributed by atoms with van der Waals surface area (Å²) in [7, 11) is 0. The Morgan fingerprint density at radius 2 is 1.71 bits per heavy atom. The van der Waals surface area contributed by atoms with Gasteiger partial charge in [0.15, 0.2) is 0 Å². The number of nitrogens with zero attached hydrogens (tertiary/aromatic N) is 1. The van der Waals surface area contributed by atoms with E-state index in [1.54, 1.807) is 43.5 Å². The van der Waals surface area contributed by atoms with Crippen LogP contribution in [-0.4, -0.2) is 22.2 Å². The molecule has 7 nitrogen and oxygen atoms in total. The van der Waals surface area contributed by atoms with Crippen molar-refractivity contribution in [2.45, 2.75) is 60.2 Å². The second-order valence-corrected chi connectivity index (χ2v) is 9.76. The first kappa shape index (κ1) is 25.0. The van der Waals surface area contributed by atoms with Crippen LogP contribution in [0.5, 0.6) is 0 Å². The Morgan fingerprint density at radius 3 is 2.29 bits per heavy atom. The van der Waals surface area contributed by atoms with Gasteiger partial charge in [-0.1, -0.05) is 50.2 Å². The van der Waals surface area contributed by atoms with E-state index in [0.29, 0.717) is 28.7 Å². The van der Waals surface area contributed by atoms with Crippen LogP contribution in [0.25, 0.3) is 21.9 Å². The molecule has 1 heterocycles. The van der Waals surface area contributed by atoms with Crippen molar-refractivity contribution in [3.05, 3.63) is 64.6 Å². The molecule has 0 saturated heterocycles. The fourth-order valence-electron chi connectivity index (χ4n) is 3.97. The van der Waals surface area contributed by atoms with Crippen LogP contribution < -0.4 is 16.2 Å². The molecule has 34 heavy (non-hydrogen) atoms. The molecule has 0 aliphatic heterocycles. The lowest BCUT2D eigenvalue weighted by Crippen LogP contribution is -2.35. The molecule has 0 spiro atoms. The van der Waals surface area contributed by atoms with Crippen LogP contribution in [0.15, 0.2) is 53.3 Å². The number of fused-ring (bicyclic) bond motifs is 1. The summed E-state index contributed by atoms with van der Waals surface area (Å²) >= 11 is 0. The van der Waals surface area contributed by atoms with Crippen molar-refractivity contribution >= 4 is 28.5 Å². The molecular weight excluding hydrogens is 430 g/mol. The minimum atomic E-state index is -0.647. The number of aromatic nitrogens is 1. The first-order valence-corrected chi connectivity index (χ1v) is 11.5. The van der Waals surface area contributed by atoms with E-state index in [4.69, 9.17) is 4.74 Å². The quantitative estimate of drug-likeness (QED) is 0.519. The fraction of sp³-hybridized carbons (Fsp3) is 0.370. The van der Waals surface area contributed by atoms with Crippen molar-refractivity contribution in [1.29, 1.82) is 0 Å².